The Morgan fingerprint density at radius 2 is 2.40 bits per heavy atom. The zero-order valence-corrected chi connectivity index (χ0v) is 8.82. The number of nitrogens with two attached hydrogens (primary N) is 1. The number of hydrogen-bond acceptors (Lipinski definition) is 4. The van der Waals surface area contributed by atoms with Gasteiger partial charge in [0.25, 0.3) is 0 Å². The maximum absolute atomic E-state index is 11.3. The van der Waals surface area contributed by atoms with Crippen LogP contribution in [0.15, 0.2) is 5.10 Å². The number of nitrogens with one attached hydrogen (secondary N) is 1. The van der Waals surface area contributed by atoms with E-state index in [0.29, 0.717) is 12.1 Å². The molecule has 2 amide bonds. The number of ether oxygens (including phenoxy) is 1. The monoisotopic (exact) mass is 213 g/mol. The zero-order valence-electron chi connectivity index (χ0n) is 8.82. The lowest BCUT2D eigenvalue weighted by molar-refractivity contribution is -0.142. The normalized spacial score (nSPS) is 26.3. The van der Waals surface area contributed by atoms with Gasteiger partial charge in [-0.15, -0.1) is 0 Å². The van der Waals surface area contributed by atoms with Gasteiger partial charge in [0.05, 0.1) is 11.6 Å². The van der Waals surface area contributed by atoms with Crippen LogP contribution >= 0.6 is 0 Å². The number of carbonyl (C=O) groups is 2. The molecular weight excluding hydrogens is 198 g/mol. The van der Waals surface area contributed by atoms with Gasteiger partial charge in [-0.25, -0.2) is 10.2 Å². The van der Waals surface area contributed by atoms with E-state index >= 15 is 0 Å². The summed E-state index contributed by atoms with van der Waals surface area (Å²) < 4.78 is 5.10. The van der Waals surface area contributed by atoms with E-state index in [0.717, 1.165) is 6.42 Å². The highest BCUT2D eigenvalue weighted by Gasteiger charge is 2.34. The number of rotatable bonds is 3. The quantitative estimate of drug-likeness (QED) is 0.403. The highest BCUT2D eigenvalue weighted by Crippen LogP contribution is 2.24. The molecule has 1 rings (SSSR count). The van der Waals surface area contributed by atoms with E-state index < -0.39 is 6.03 Å². The first-order valence-electron chi connectivity index (χ1n) is 4.84. The number of carbonyl (C=O) groups excluding carboxylic acids is 2. The number of hydrogen-bond donors (Lipinski definition) is 2. The van der Waals surface area contributed by atoms with Crippen LogP contribution < -0.4 is 11.2 Å². The number of nitrogens with zero attached hydrogens (tertiary/aromatic N) is 1. The van der Waals surface area contributed by atoms with Gasteiger partial charge in [0.1, 0.15) is 6.10 Å². The summed E-state index contributed by atoms with van der Waals surface area (Å²) in [5.41, 5.74) is 7.51. The molecule has 6 heteroatoms. The van der Waals surface area contributed by atoms with Crippen LogP contribution in [0.2, 0.25) is 0 Å². The molecule has 84 valence electrons. The van der Waals surface area contributed by atoms with Gasteiger partial charge in [-0.05, 0) is 13.3 Å². The smallest absolute Gasteiger partial charge is 0.332 e. The average molecular weight is 213 g/mol. The fraction of sp³-hybridized carbons (Fsp3) is 0.667. The second-order valence-corrected chi connectivity index (χ2v) is 3.50. The van der Waals surface area contributed by atoms with Gasteiger partial charge in [0.15, 0.2) is 0 Å². The average Bonchev–Trinajstić information content (AvgIpc) is 2.56. The van der Waals surface area contributed by atoms with Crippen LogP contribution in [0.5, 0.6) is 0 Å². The third kappa shape index (κ3) is 2.93. The Morgan fingerprint density at radius 3 is 2.87 bits per heavy atom. The van der Waals surface area contributed by atoms with Gasteiger partial charge in [-0.2, -0.15) is 5.10 Å². The summed E-state index contributed by atoms with van der Waals surface area (Å²) in [4.78, 5) is 21.7. The first-order valence-corrected chi connectivity index (χ1v) is 4.84. The largest absolute Gasteiger partial charge is 0.456 e. The lowest BCUT2D eigenvalue weighted by atomic mass is 10.0. The van der Waals surface area contributed by atoms with Crippen molar-refractivity contribution in [2.45, 2.75) is 32.8 Å². The van der Waals surface area contributed by atoms with Gasteiger partial charge in [0.2, 0.25) is 0 Å². The molecule has 3 N–H and O–H groups in total. The van der Waals surface area contributed by atoms with Gasteiger partial charge in [-0.1, -0.05) is 6.92 Å². The highest BCUT2D eigenvalue weighted by atomic mass is 16.6. The van der Waals surface area contributed by atoms with Crippen LogP contribution in [0, 0.1) is 5.92 Å². The molecule has 0 aromatic carbocycles. The summed E-state index contributed by atoms with van der Waals surface area (Å²) in [5, 5.41) is 3.72. The number of hydrazone groups is 1. The Kier molecular flexibility index (Phi) is 3.65. The molecule has 0 spiro atoms. The van der Waals surface area contributed by atoms with Crippen LogP contribution in [0.1, 0.15) is 26.7 Å². The van der Waals surface area contributed by atoms with Crippen molar-refractivity contribution in [1.29, 1.82) is 0 Å². The van der Waals surface area contributed by atoms with Crippen LogP contribution in [-0.4, -0.2) is 23.8 Å². The van der Waals surface area contributed by atoms with E-state index in [9.17, 15) is 9.59 Å². The van der Waals surface area contributed by atoms with E-state index in [1.165, 1.54) is 0 Å². The summed E-state index contributed by atoms with van der Waals surface area (Å²) in [5.74, 6) is -0.259. The van der Waals surface area contributed by atoms with Crippen molar-refractivity contribution < 1.29 is 14.3 Å². The summed E-state index contributed by atoms with van der Waals surface area (Å²) in [6, 6.07) is -0.731. The fourth-order valence-electron chi connectivity index (χ4n) is 1.44. The van der Waals surface area contributed by atoms with Crippen molar-refractivity contribution in [1.82, 2.24) is 5.43 Å². The van der Waals surface area contributed by atoms with Crippen LogP contribution in [0.25, 0.3) is 0 Å². The van der Waals surface area contributed by atoms with Crippen molar-refractivity contribution >= 4 is 17.7 Å². The lowest BCUT2D eigenvalue weighted by Crippen LogP contribution is -2.28. The fourth-order valence-corrected chi connectivity index (χ4v) is 1.44. The number of primary amides is 1. The first-order chi connectivity index (χ1) is 7.04. The Bertz CT molecular complexity index is 301. The number of urea groups is 1. The van der Waals surface area contributed by atoms with Gasteiger partial charge in [-0.3, -0.25) is 4.79 Å². The predicted octanol–water partition coefficient (Wildman–Crippen LogP) is 0.372. The molecule has 0 saturated carbocycles. The SMILES string of the molecule is CC[C@H]1C[C@@H](/C(C)=N\NC(N)=O)OC1=O. The molecule has 0 aromatic rings. The lowest BCUT2D eigenvalue weighted by Gasteiger charge is -2.07. The zero-order chi connectivity index (χ0) is 11.4. The van der Waals surface area contributed by atoms with Crippen molar-refractivity contribution in [2.75, 3.05) is 0 Å². The molecule has 0 radical (unpaired) electrons. The molecule has 15 heavy (non-hydrogen) atoms. The minimum atomic E-state index is -0.731. The Hall–Kier alpha value is -1.59. The Labute approximate surface area is 87.8 Å². The molecular formula is C9H15N3O3. The third-order valence-corrected chi connectivity index (χ3v) is 2.39. The topological polar surface area (TPSA) is 93.8 Å². The summed E-state index contributed by atoms with van der Waals surface area (Å²) in [6.45, 7) is 3.62. The van der Waals surface area contributed by atoms with Crippen LogP contribution in [-0.2, 0) is 9.53 Å². The Morgan fingerprint density at radius 1 is 1.73 bits per heavy atom. The summed E-state index contributed by atoms with van der Waals surface area (Å²) in [7, 11) is 0. The molecule has 0 aliphatic carbocycles. The van der Waals surface area contributed by atoms with Crippen LogP contribution in [0.4, 0.5) is 4.79 Å². The maximum Gasteiger partial charge on any atom is 0.332 e. The summed E-state index contributed by atoms with van der Waals surface area (Å²) in [6.07, 6.45) is 1.03. The molecule has 6 nitrogen and oxygen atoms in total. The van der Waals surface area contributed by atoms with Crippen molar-refractivity contribution in [3.05, 3.63) is 0 Å². The predicted molar refractivity (Wildman–Crippen MR) is 54.1 cm³/mol. The molecule has 2 atom stereocenters. The van der Waals surface area contributed by atoms with E-state index in [-0.39, 0.29) is 18.0 Å². The van der Waals surface area contributed by atoms with Crippen molar-refractivity contribution in [3.8, 4) is 0 Å². The van der Waals surface area contributed by atoms with E-state index in [2.05, 4.69) is 10.5 Å². The molecule has 1 aliphatic heterocycles. The van der Waals surface area contributed by atoms with E-state index in [4.69, 9.17) is 10.5 Å². The van der Waals surface area contributed by atoms with Gasteiger partial charge >= 0.3 is 12.0 Å². The number of amides is 2. The second kappa shape index (κ2) is 4.77. The minimum absolute atomic E-state index is 0.0614. The van der Waals surface area contributed by atoms with E-state index in [1.807, 2.05) is 6.92 Å². The van der Waals surface area contributed by atoms with E-state index in [1.54, 1.807) is 6.92 Å². The summed E-state index contributed by atoms with van der Waals surface area (Å²) >= 11 is 0. The molecule has 0 bridgehead atoms. The van der Waals surface area contributed by atoms with Gasteiger partial charge < -0.3 is 10.5 Å². The molecule has 0 aromatic heterocycles. The minimum Gasteiger partial charge on any atom is -0.456 e. The first kappa shape index (κ1) is 11.5. The molecule has 1 fully saturated rings. The van der Waals surface area contributed by atoms with Crippen molar-refractivity contribution in [3.63, 3.8) is 0 Å². The molecule has 1 saturated heterocycles. The standard InChI is InChI=1S/C9H15N3O3/c1-3-6-4-7(15-8(6)13)5(2)11-12-9(10)14/h6-7H,3-4H2,1-2H3,(H3,10,12,14)/b11-5-/t6-,7-/m0/s1. The maximum atomic E-state index is 11.3. The van der Waals surface area contributed by atoms with Crippen LogP contribution in [0.3, 0.4) is 0 Å². The van der Waals surface area contributed by atoms with Crippen molar-refractivity contribution in [2.24, 2.45) is 16.8 Å². The Balaban J connectivity index is 2.56. The van der Waals surface area contributed by atoms with Gasteiger partial charge in [0, 0.05) is 6.42 Å². The molecule has 1 heterocycles. The number of cyclic esters (lactones) is 1. The molecule has 1 aliphatic rings. The number of esters is 1. The highest BCUT2D eigenvalue weighted by molar-refractivity contribution is 5.91. The second-order valence-electron chi connectivity index (χ2n) is 3.50. The third-order valence-electron chi connectivity index (χ3n) is 2.39. The molecule has 0 unspecified atom stereocenters.